The fourth-order valence-electron chi connectivity index (χ4n) is 3.74. The molecule has 0 bridgehead atoms. The second-order valence-electron chi connectivity index (χ2n) is 7.14. The van der Waals surface area contributed by atoms with Crippen LogP contribution in [-0.4, -0.2) is 48.0 Å². The molecule has 0 saturated carbocycles. The Balaban J connectivity index is 1.53. The topological polar surface area (TPSA) is 57.3 Å². The van der Waals surface area contributed by atoms with E-state index in [-0.39, 0.29) is 29.3 Å². The van der Waals surface area contributed by atoms with E-state index >= 15 is 0 Å². The zero-order valence-electron chi connectivity index (χ0n) is 14.9. The molecule has 2 saturated heterocycles. The molecule has 0 aromatic carbocycles. The molecule has 3 heterocycles. The molecule has 9 heteroatoms. The molecule has 1 aromatic rings. The summed E-state index contributed by atoms with van der Waals surface area (Å²) in [7, 11) is 0. The van der Waals surface area contributed by atoms with Crippen LogP contribution in [0.2, 0.25) is 0 Å². The number of alkyl halides is 3. The van der Waals surface area contributed by atoms with Crippen molar-refractivity contribution in [3.63, 3.8) is 0 Å². The van der Waals surface area contributed by atoms with E-state index in [1.54, 1.807) is 6.92 Å². The number of thiazole rings is 1. The van der Waals surface area contributed by atoms with Crippen molar-refractivity contribution in [2.45, 2.75) is 51.4 Å². The molecule has 2 N–H and O–H groups in total. The van der Waals surface area contributed by atoms with Crippen molar-refractivity contribution in [3.8, 4) is 0 Å². The Morgan fingerprint density at radius 1 is 1.38 bits per heavy atom. The van der Waals surface area contributed by atoms with Crippen LogP contribution in [0, 0.1) is 12.8 Å². The first-order valence-corrected chi connectivity index (χ1v) is 9.91. The van der Waals surface area contributed by atoms with Crippen LogP contribution in [0.5, 0.6) is 0 Å². The van der Waals surface area contributed by atoms with Crippen molar-refractivity contribution in [2.24, 2.45) is 5.92 Å². The smallest absolute Gasteiger partial charge is 0.354 e. The Hall–Kier alpha value is -1.19. The number of piperidine rings is 1. The van der Waals surface area contributed by atoms with Crippen molar-refractivity contribution >= 4 is 17.2 Å². The van der Waals surface area contributed by atoms with Crippen LogP contribution in [0.4, 0.5) is 13.2 Å². The minimum absolute atomic E-state index is 0.0389. The van der Waals surface area contributed by atoms with Gasteiger partial charge in [0.1, 0.15) is 0 Å². The predicted molar refractivity (Wildman–Crippen MR) is 93.9 cm³/mol. The summed E-state index contributed by atoms with van der Waals surface area (Å²) in [6.45, 7) is 4.83. The fraction of sp³-hybridized carbons (Fsp3) is 0.765. The zero-order chi connectivity index (χ0) is 18.7. The second kappa shape index (κ2) is 8.22. The molecule has 0 radical (unpaired) electrons. The minimum atomic E-state index is -4.41. The summed E-state index contributed by atoms with van der Waals surface area (Å²) < 4.78 is 39.4. The number of likely N-dealkylation sites (tertiary alicyclic amines) is 1. The number of rotatable bonds is 5. The number of halogens is 3. The molecule has 2 atom stereocenters. The van der Waals surface area contributed by atoms with E-state index in [2.05, 4.69) is 20.5 Å². The van der Waals surface area contributed by atoms with Gasteiger partial charge in [-0.2, -0.15) is 13.2 Å². The predicted octanol–water partition coefficient (Wildman–Crippen LogP) is 2.55. The quantitative estimate of drug-likeness (QED) is 0.811. The molecule has 1 aromatic heterocycles. The van der Waals surface area contributed by atoms with Gasteiger partial charge in [-0.15, -0.1) is 11.3 Å². The summed E-state index contributed by atoms with van der Waals surface area (Å²) in [6, 6.07) is -0.0933. The van der Waals surface area contributed by atoms with Crippen LogP contribution < -0.4 is 10.6 Å². The lowest BCUT2D eigenvalue weighted by Crippen LogP contribution is -2.45. The van der Waals surface area contributed by atoms with Gasteiger partial charge in [0.05, 0.1) is 15.9 Å². The van der Waals surface area contributed by atoms with Gasteiger partial charge < -0.3 is 10.6 Å². The van der Waals surface area contributed by atoms with E-state index in [4.69, 9.17) is 0 Å². The van der Waals surface area contributed by atoms with E-state index in [0.717, 1.165) is 50.1 Å². The van der Waals surface area contributed by atoms with Crippen LogP contribution in [-0.2, 0) is 17.5 Å². The van der Waals surface area contributed by atoms with Gasteiger partial charge in [0.2, 0.25) is 5.91 Å². The largest absolute Gasteiger partial charge is 0.434 e. The third-order valence-corrected chi connectivity index (χ3v) is 5.94. The monoisotopic (exact) mass is 390 g/mol. The number of nitrogens with zero attached hydrogens (tertiary/aromatic N) is 2. The number of hydrogen-bond donors (Lipinski definition) is 2. The van der Waals surface area contributed by atoms with Crippen LogP contribution in [0.3, 0.4) is 0 Å². The van der Waals surface area contributed by atoms with Crippen molar-refractivity contribution < 1.29 is 18.0 Å². The highest BCUT2D eigenvalue weighted by atomic mass is 32.1. The van der Waals surface area contributed by atoms with E-state index in [0.29, 0.717) is 18.1 Å². The van der Waals surface area contributed by atoms with E-state index < -0.39 is 11.9 Å². The number of amides is 1. The standard InChI is InChI=1S/C17H25F3N4OS/c1-11-23-15(17(18,19)20)14(26-11)10-24-7-3-4-12(9-24)8-22-16(25)13-5-2-6-21-13/h12-13,21H,2-10H2,1H3,(H,22,25). The average molecular weight is 390 g/mol. The first-order valence-electron chi connectivity index (χ1n) is 9.10. The summed E-state index contributed by atoms with van der Waals surface area (Å²) in [5.74, 6) is 0.314. The molecular weight excluding hydrogens is 365 g/mol. The van der Waals surface area contributed by atoms with Crippen molar-refractivity contribution in [1.82, 2.24) is 20.5 Å². The lowest BCUT2D eigenvalue weighted by Gasteiger charge is -2.32. The van der Waals surface area contributed by atoms with E-state index in [9.17, 15) is 18.0 Å². The Morgan fingerprint density at radius 3 is 2.88 bits per heavy atom. The van der Waals surface area contributed by atoms with Crippen LogP contribution >= 0.6 is 11.3 Å². The molecule has 2 fully saturated rings. The Kier molecular flexibility index (Phi) is 6.19. The highest BCUT2D eigenvalue weighted by molar-refractivity contribution is 7.11. The lowest BCUT2D eigenvalue weighted by molar-refractivity contribution is -0.141. The number of carbonyl (C=O) groups is 1. The molecule has 2 aliphatic rings. The number of hydrogen-bond acceptors (Lipinski definition) is 5. The first-order chi connectivity index (χ1) is 12.3. The van der Waals surface area contributed by atoms with Crippen molar-refractivity contribution in [2.75, 3.05) is 26.2 Å². The summed E-state index contributed by atoms with van der Waals surface area (Å²) in [6.07, 6.45) is -0.597. The van der Waals surface area contributed by atoms with Gasteiger partial charge >= 0.3 is 6.18 Å². The van der Waals surface area contributed by atoms with Crippen LogP contribution in [0.15, 0.2) is 0 Å². The normalized spacial score (nSPS) is 24.8. The molecule has 3 rings (SSSR count). The van der Waals surface area contributed by atoms with E-state index in [1.807, 2.05) is 0 Å². The highest BCUT2D eigenvalue weighted by Gasteiger charge is 2.37. The average Bonchev–Trinajstić information content (AvgIpc) is 3.22. The number of carbonyl (C=O) groups excluding carboxylic acids is 1. The van der Waals surface area contributed by atoms with E-state index in [1.165, 1.54) is 0 Å². The van der Waals surface area contributed by atoms with Crippen LogP contribution in [0.25, 0.3) is 0 Å². The lowest BCUT2D eigenvalue weighted by atomic mass is 9.97. The molecule has 1 amide bonds. The van der Waals surface area contributed by atoms with Gasteiger partial charge in [-0.25, -0.2) is 4.98 Å². The summed E-state index contributed by atoms with van der Waals surface area (Å²) in [5.41, 5.74) is -0.747. The number of aryl methyl sites for hydroxylation is 1. The molecule has 2 aliphatic heterocycles. The molecular formula is C17H25F3N4OS. The maximum absolute atomic E-state index is 13.1. The third-order valence-electron chi connectivity index (χ3n) is 4.98. The Bertz CT molecular complexity index is 628. The SMILES string of the molecule is Cc1nc(C(F)(F)F)c(CN2CCCC(CNC(=O)C3CCCN3)C2)s1. The van der Waals surface area contributed by atoms with Gasteiger partial charge in [-0.05, 0) is 51.6 Å². The Labute approximate surface area is 155 Å². The molecule has 5 nitrogen and oxygen atoms in total. The molecule has 0 aliphatic carbocycles. The number of nitrogens with one attached hydrogen (secondary N) is 2. The molecule has 2 unspecified atom stereocenters. The molecule has 26 heavy (non-hydrogen) atoms. The highest BCUT2D eigenvalue weighted by Crippen LogP contribution is 2.35. The Morgan fingerprint density at radius 2 is 2.19 bits per heavy atom. The second-order valence-corrected chi connectivity index (χ2v) is 8.43. The maximum atomic E-state index is 13.1. The molecule has 146 valence electrons. The first kappa shape index (κ1) is 19.6. The third kappa shape index (κ3) is 4.95. The number of aromatic nitrogens is 1. The fourth-order valence-corrected chi connectivity index (χ4v) is 4.74. The summed E-state index contributed by atoms with van der Waals surface area (Å²) in [5, 5.41) is 6.62. The van der Waals surface area contributed by atoms with Crippen molar-refractivity contribution in [3.05, 3.63) is 15.6 Å². The summed E-state index contributed by atoms with van der Waals surface area (Å²) >= 11 is 1.12. The van der Waals surface area contributed by atoms with Gasteiger partial charge in [0, 0.05) is 19.6 Å². The summed E-state index contributed by atoms with van der Waals surface area (Å²) in [4.78, 5) is 18.1. The minimum Gasteiger partial charge on any atom is -0.354 e. The van der Waals surface area contributed by atoms with Gasteiger partial charge in [-0.1, -0.05) is 0 Å². The maximum Gasteiger partial charge on any atom is 0.434 e. The van der Waals surface area contributed by atoms with Crippen molar-refractivity contribution in [1.29, 1.82) is 0 Å². The van der Waals surface area contributed by atoms with Crippen LogP contribution in [0.1, 0.15) is 41.3 Å². The molecule has 0 spiro atoms. The zero-order valence-corrected chi connectivity index (χ0v) is 15.7. The van der Waals surface area contributed by atoms with Gasteiger partial charge in [0.15, 0.2) is 5.69 Å². The van der Waals surface area contributed by atoms with Gasteiger partial charge in [-0.3, -0.25) is 9.69 Å². The van der Waals surface area contributed by atoms with Gasteiger partial charge in [0.25, 0.3) is 0 Å².